The average molecular weight is 1190 g/mol. The van der Waals surface area contributed by atoms with Crippen LogP contribution in [0.2, 0.25) is 0 Å². The molecule has 0 fully saturated rings. The van der Waals surface area contributed by atoms with Crippen molar-refractivity contribution in [2.24, 2.45) is 0 Å². The van der Waals surface area contributed by atoms with Gasteiger partial charge in [0.05, 0.1) is 22.2 Å². The topological polar surface area (TPSA) is 64.5 Å². The van der Waals surface area contributed by atoms with Gasteiger partial charge in [-0.15, -0.1) is 22.7 Å². The Labute approximate surface area is 529 Å². The van der Waals surface area contributed by atoms with Gasteiger partial charge in [-0.25, -0.2) is 4.98 Å². The number of hydrogen-bond acceptors (Lipinski definition) is 7. The number of aromatic nitrogens is 5. The molecule has 5 nitrogen and oxygen atoms in total. The molecule has 0 N–H and O–H groups in total. The van der Waals surface area contributed by atoms with Crippen molar-refractivity contribution in [3.63, 3.8) is 0 Å². The van der Waals surface area contributed by atoms with Crippen LogP contribution in [0.4, 0.5) is 0 Å². The molecule has 10 aromatic rings. The fraction of sp³-hybridized carbons (Fsp3) is 0.456. The Bertz CT molecular complexity index is 3250. The minimum atomic E-state index is 0.430. The molecule has 0 radical (unpaired) electrons. The number of rotatable bonds is 12. The molecular weight excluding hydrogens is 1080 g/mol. The Morgan fingerprint density at radius 2 is 0.674 bits per heavy atom. The Hall–Kier alpha value is -6.15. The van der Waals surface area contributed by atoms with Crippen LogP contribution in [0, 0.1) is 0 Å². The van der Waals surface area contributed by atoms with E-state index in [-0.39, 0.29) is 0 Å². The van der Waals surface area contributed by atoms with Gasteiger partial charge >= 0.3 is 0 Å². The lowest BCUT2D eigenvalue weighted by Crippen LogP contribution is -1.96. The summed E-state index contributed by atoms with van der Waals surface area (Å²) in [5, 5.41) is 5.21. The zero-order valence-electron chi connectivity index (χ0n) is 57.3. The van der Waals surface area contributed by atoms with Crippen LogP contribution in [0.15, 0.2) is 140 Å². The highest BCUT2D eigenvalue weighted by Gasteiger charge is 2.11. The Morgan fingerprint density at radius 3 is 1.16 bits per heavy atom. The van der Waals surface area contributed by atoms with E-state index in [4.69, 9.17) is 0 Å². The highest BCUT2D eigenvalue weighted by molar-refractivity contribution is 7.19. The minimum absolute atomic E-state index is 0.430. The Kier molecular flexibility index (Phi) is 27.3. The smallest absolute Gasteiger partial charge is 0.0893 e. The summed E-state index contributed by atoms with van der Waals surface area (Å²) in [5.41, 5.74) is 14.8. The number of thiophene rings is 2. The van der Waals surface area contributed by atoms with Gasteiger partial charge in [0.2, 0.25) is 0 Å². The molecule has 0 amide bonds. The van der Waals surface area contributed by atoms with E-state index in [0.717, 1.165) is 22.2 Å². The van der Waals surface area contributed by atoms with E-state index in [1.807, 2.05) is 53.7 Å². The van der Waals surface area contributed by atoms with E-state index in [1.165, 1.54) is 85.5 Å². The van der Waals surface area contributed by atoms with Crippen LogP contribution >= 0.6 is 22.7 Å². The van der Waals surface area contributed by atoms with Gasteiger partial charge in [0.1, 0.15) is 0 Å². The molecule has 460 valence electrons. The summed E-state index contributed by atoms with van der Waals surface area (Å²) in [4.78, 5) is 26.8. The van der Waals surface area contributed by atoms with E-state index >= 15 is 0 Å². The lowest BCUT2D eigenvalue weighted by atomic mass is 9.98. The van der Waals surface area contributed by atoms with E-state index in [9.17, 15) is 0 Å². The van der Waals surface area contributed by atoms with Gasteiger partial charge in [-0.1, -0.05) is 215 Å². The van der Waals surface area contributed by atoms with Crippen molar-refractivity contribution in [1.29, 1.82) is 0 Å². The molecule has 0 saturated carbocycles. The molecule has 0 spiro atoms. The second-order valence-electron chi connectivity index (χ2n) is 27.1. The van der Waals surface area contributed by atoms with Crippen LogP contribution in [0.3, 0.4) is 0 Å². The van der Waals surface area contributed by atoms with Crippen LogP contribution in [0.5, 0.6) is 0 Å². The number of benzene rings is 4. The van der Waals surface area contributed by atoms with Crippen molar-refractivity contribution in [3.05, 3.63) is 205 Å². The van der Waals surface area contributed by atoms with Crippen molar-refractivity contribution >= 4 is 65.5 Å². The third-order valence-corrected chi connectivity index (χ3v) is 18.7. The van der Waals surface area contributed by atoms with E-state index in [0.29, 0.717) is 71.0 Å². The fourth-order valence-electron chi connectivity index (χ4n) is 9.20. The summed E-state index contributed by atoms with van der Waals surface area (Å²) in [6.45, 7) is 53.1. The molecule has 0 aliphatic rings. The van der Waals surface area contributed by atoms with Crippen molar-refractivity contribution < 1.29 is 0 Å². The van der Waals surface area contributed by atoms with Crippen molar-refractivity contribution in [2.45, 2.75) is 237 Å². The molecular formula is C79H107N5S2. The van der Waals surface area contributed by atoms with Crippen LogP contribution in [-0.4, -0.2) is 24.9 Å². The van der Waals surface area contributed by atoms with Crippen LogP contribution in [0.25, 0.3) is 42.8 Å². The van der Waals surface area contributed by atoms with Crippen LogP contribution < -0.4 is 0 Å². The van der Waals surface area contributed by atoms with Gasteiger partial charge in [-0.05, 0) is 181 Å². The summed E-state index contributed by atoms with van der Waals surface area (Å²) < 4.78 is 1.42. The second kappa shape index (κ2) is 33.3. The molecule has 6 aromatic heterocycles. The van der Waals surface area contributed by atoms with Crippen LogP contribution in [0.1, 0.15) is 302 Å². The monoisotopic (exact) mass is 1190 g/mol. The largest absolute Gasteiger partial charge is 0.264 e. The normalized spacial score (nSPS) is 11.6. The highest BCUT2D eigenvalue weighted by atomic mass is 32.1. The lowest BCUT2D eigenvalue weighted by molar-refractivity contribution is 0.820. The van der Waals surface area contributed by atoms with Crippen molar-refractivity contribution in [2.75, 3.05) is 0 Å². The summed E-state index contributed by atoms with van der Waals surface area (Å²) in [6.07, 6.45) is 9.76. The third-order valence-electron chi connectivity index (χ3n) is 15.6. The molecule has 0 unspecified atom stereocenters. The van der Waals surface area contributed by atoms with Gasteiger partial charge in [0.25, 0.3) is 0 Å². The summed E-state index contributed by atoms with van der Waals surface area (Å²) in [6, 6.07) is 40.0. The predicted molar refractivity (Wildman–Crippen MR) is 382 cm³/mol. The first-order valence-electron chi connectivity index (χ1n) is 32.2. The van der Waals surface area contributed by atoms with Gasteiger partial charge in [0, 0.05) is 66.8 Å². The molecule has 0 aliphatic heterocycles. The standard InChI is InChI=1S/2C15H19N.C14H18N2.C14H18S.C11H17N.C10H16S/c1-10(2)12-5-6-15-13(7-12)8-14(9-16-15)11(3)4;1-10(2)12-5-6-13-9-16-15(11(3)4)8-14(13)7-12;1-9(2)11-5-6-12-13(7-11)16-14(8-15-12)10(3)4;1-9(2)11-5-6-13-12(7-11)8-14(15-13)10(3)4;1-8(2)10-5-11(9(3)4)7-12-6-10;1-7(2)9-5-6-10(11-9)8(3)4/h2*5-11H,1-4H3;5-10H,1-4H3;5-10H,1-4H3;5-9H,1-4H3;5-8H,1-4H3. The SMILES string of the molecule is CC(C)c1ccc(C(C)C)s1.CC(C)c1ccc2cnc(C(C)C)cc2c1.CC(C)c1ccc2ncc(C(C)C)cc2c1.CC(C)c1ccc2ncc(C(C)C)nc2c1.CC(C)c1ccc2sc(C(C)C)cc2c1.CC(C)c1cncc(C(C)C)c1. The first-order chi connectivity index (χ1) is 40.5. The first kappa shape index (κ1) is 70.6. The van der Waals surface area contributed by atoms with Gasteiger partial charge in [0.15, 0.2) is 0 Å². The maximum atomic E-state index is 4.66. The quantitative estimate of drug-likeness (QED) is 0.122. The van der Waals surface area contributed by atoms with E-state index in [2.05, 4.69) is 300 Å². The van der Waals surface area contributed by atoms with Gasteiger partial charge in [-0.3, -0.25) is 19.9 Å². The molecule has 7 heteroatoms. The average Bonchev–Trinajstić information content (AvgIpc) is 4.31. The zero-order chi connectivity index (χ0) is 63.7. The second-order valence-corrected chi connectivity index (χ2v) is 29.3. The van der Waals surface area contributed by atoms with Gasteiger partial charge < -0.3 is 0 Å². The van der Waals surface area contributed by atoms with Crippen LogP contribution in [-0.2, 0) is 0 Å². The maximum absolute atomic E-state index is 4.66. The summed E-state index contributed by atoms with van der Waals surface area (Å²) in [5.74, 6) is 6.96. The minimum Gasteiger partial charge on any atom is -0.264 e. The maximum Gasteiger partial charge on any atom is 0.0893 e. The van der Waals surface area contributed by atoms with E-state index in [1.54, 1.807) is 0 Å². The number of hydrogen-bond donors (Lipinski definition) is 0. The van der Waals surface area contributed by atoms with E-state index < -0.39 is 0 Å². The molecule has 0 aliphatic carbocycles. The molecule has 0 bridgehead atoms. The molecule has 4 aromatic carbocycles. The first-order valence-corrected chi connectivity index (χ1v) is 33.8. The third kappa shape index (κ3) is 21.0. The fourth-order valence-corrected chi connectivity index (χ4v) is 11.3. The Morgan fingerprint density at radius 1 is 0.244 bits per heavy atom. The predicted octanol–water partition coefficient (Wildman–Crippen LogP) is 25.3. The lowest BCUT2D eigenvalue weighted by Gasteiger charge is -2.09. The highest BCUT2D eigenvalue weighted by Crippen LogP contribution is 2.34. The number of pyridine rings is 3. The zero-order valence-corrected chi connectivity index (χ0v) is 58.9. The van der Waals surface area contributed by atoms with Crippen molar-refractivity contribution in [1.82, 2.24) is 24.9 Å². The summed E-state index contributed by atoms with van der Waals surface area (Å²) in [7, 11) is 0. The Balaban J connectivity index is 0.000000189. The molecule has 10 rings (SSSR count). The number of nitrogens with zero attached hydrogens (tertiary/aromatic N) is 5. The number of fused-ring (bicyclic) bond motifs is 4. The van der Waals surface area contributed by atoms with Crippen molar-refractivity contribution in [3.8, 4) is 0 Å². The molecule has 6 heterocycles. The molecule has 0 atom stereocenters. The van der Waals surface area contributed by atoms with Gasteiger partial charge in [-0.2, -0.15) is 0 Å². The summed E-state index contributed by atoms with van der Waals surface area (Å²) >= 11 is 3.87. The molecule has 0 saturated heterocycles. The molecule has 86 heavy (non-hydrogen) atoms.